The lowest BCUT2D eigenvalue weighted by molar-refractivity contribution is 0.102. The Labute approximate surface area is 166 Å². The first kappa shape index (κ1) is 19.9. The first-order valence-electron chi connectivity index (χ1n) is 8.53. The Kier molecular flexibility index (Phi) is 6.08. The molecule has 29 heavy (non-hydrogen) atoms. The van der Waals surface area contributed by atoms with Crippen molar-refractivity contribution >= 4 is 17.4 Å². The molecule has 3 rings (SSSR count). The molecular weight excluding hydrogens is 377 g/mol. The maximum Gasteiger partial charge on any atom is 0.258 e. The van der Waals surface area contributed by atoms with Crippen LogP contribution in [0.5, 0.6) is 5.88 Å². The smallest absolute Gasteiger partial charge is 0.258 e. The first-order valence-corrected chi connectivity index (χ1v) is 8.53. The number of carbonyl (C=O) groups is 1. The summed E-state index contributed by atoms with van der Waals surface area (Å²) in [6, 6.07) is 6.83. The van der Waals surface area contributed by atoms with E-state index in [0.29, 0.717) is 28.5 Å². The molecule has 3 heterocycles. The maximum absolute atomic E-state index is 13.6. The van der Waals surface area contributed by atoms with E-state index in [2.05, 4.69) is 25.4 Å². The second kappa shape index (κ2) is 8.87. The Morgan fingerprint density at radius 2 is 1.76 bits per heavy atom. The lowest BCUT2D eigenvalue weighted by Crippen LogP contribution is -2.15. The van der Waals surface area contributed by atoms with E-state index in [4.69, 9.17) is 9.57 Å². The number of amides is 1. The highest BCUT2D eigenvalue weighted by atomic mass is 19.1. The van der Waals surface area contributed by atoms with Crippen molar-refractivity contribution in [2.75, 3.05) is 19.5 Å². The quantitative estimate of drug-likeness (QED) is 0.509. The molecule has 0 saturated carbocycles. The van der Waals surface area contributed by atoms with E-state index in [9.17, 15) is 9.18 Å². The monoisotopic (exact) mass is 395 g/mol. The Morgan fingerprint density at radius 1 is 1.03 bits per heavy atom. The van der Waals surface area contributed by atoms with Gasteiger partial charge >= 0.3 is 0 Å². The lowest BCUT2D eigenvalue weighted by atomic mass is 10.1. The van der Waals surface area contributed by atoms with Gasteiger partial charge in [-0.15, -0.1) is 0 Å². The molecule has 0 spiro atoms. The number of carbonyl (C=O) groups excluding carboxylic acids is 1. The van der Waals surface area contributed by atoms with Gasteiger partial charge in [0.25, 0.3) is 5.91 Å². The highest BCUT2D eigenvalue weighted by molar-refractivity contribution is 6.12. The van der Waals surface area contributed by atoms with E-state index in [-0.39, 0.29) is 11.1 Å². The van der Waals surface area contributed by atoms with Crippen molar-refractivity contribution in [3.63, 3.8) is 0 Å². The summed E-state index contributed by atoms with van der Waals surface area (Å²) in [7, 11) is 2.97. The van der Waals surface area contributed by atoms with Crippen molar-refractivity contribution in [1.29, 1.82) is 0 Å². The predicted octanol–water partition coefficient (Wildman–Crippen LogP) is 2.98. The van der Waals surface area contributed by atoms with Crippen LogP contribution in [0.25, 0.3) is 0 Å². The molecule has 0 saturated heterocycles. The number of ether oxygens (including phenoxy) is 1. The van der Waals surface area contributed by atoms with Crippen molar-refractivity contribution in [3.05, 3.63) is 77.1 Å². The van der Waals surface area contributed by atoms with Crippen LogP contribution in [0.4, 0.5) is 10.2 Å². The predicted molar refractivity (Wildman–Crippen MR) is 105 cm³/mol. The number of hydrogen-bond donors (Lipinski definition) is 1. The number of pyridine rings is 3. The van der Waals surface area contributed by atoms with E-state index in [1.54, 1.807) is 30.5 Å². The zero-order chi connectivity index (χ0) is 20.8. The number of nitrogens with one attached hydrogen (secondary N) is 1. The van der Waals surface area contributed by atoms with Gasteiger partial charge in [-0.3, -0.25) is 9.78 Å². The fourth-order valence-electron chi connectivity index (χ4n) is 2.52. The first-order chi connectivity index (χ1) is 14.0. The molecule has 1 amide bonds. The van der Waals surface area contributed by atoms with Crippen LogP contribution in [0.2, 0.25) is 0 Å². The topological polar surface area (TPSA) is 98.6 Å². The molecule has 8 nitrogen and oxygen atoms in total. The van der Waals surface area contributed by atoms with Crippen LogP contribution in [0.1, 0.15) is 27.0 Å². The van der Waals surface area contributed by atoms with Crippen molar-refractivity contribution in [2.45, 2.75) is 6.92 Å². The minimum atomic E-state index is -0.547. The molecule has 0 atom stereocenters. The summed E-state index contributed by atoms with van der Waals surface area (Å²) >= 11 is 0. The summed E-state index contributed by atoms with van der Waals surface area (Å²) in [4.78, 5) is 29.4. The van der Waals surface area contributed by atoms with E-state index in [1.165, 1.54) is 33.5 Å². The molecule has 0 unspecified atom stereocenters. The summed E-state index contributed by atoms with van der Waals surface area (Å²) in [6.45, 7) is 1.51. The van der Waals surface area contributed by atoms with Gasteiger partial charge in [-0.05, 0) is 25.1 Å². The van der Waals surface area contributed by atoms with E-state index >= 15 is 0 Å². The highest BCUT2D eigenvalue weighted by Gasteiger charge is 2.14. The number of aromatic nitrogens is 3. The van der Waals surface area contributed by atoms with Crippen molar-refractivity contribution < 1.29 is 18.8 Å². The third-order valence-electron chi connectivity index (χ3n) is 4.08. The largest absolute Gasteiger partial charge is 0.481 e. The zero-order valence-corrected chi connectivity index (χ0v) is 16.0. The summed E-state index contributed by atoms with van der Waals surface area (Å²) in [5.74, 6) is -0.273. The molecule has 0 bridgehead atoms. The molecule has 0 radical (unpaired) electrons. The molecule has 0 aliphatic carbocycles. The molecular formula is C20H18FN5O3. The summed E-state index contributed by atoms with van der Waals surface area (Å²) < 4.78 is 18.7. The molecule has 0 aromatic carbocycles. The second-order valence-corrected chi connectivity index (χ2v) is 5.89. The Hall–Kier alpha value is -3.88. The molecule has 1 N–H and O–H groups in total. The minimum Gasteiger partial charge on any atom is -0.481 e. The average Bonchev–Trinajstić information content (AvgIpc) is 2.75. The summed E-state index contributed by atoms with van der Waals surface area (Å²) in [5.41, 5.74) is 2.23. The van der Waals surface area contributed by atoms with Gasteiger partial charge < -0.3 is 14.9 Å². The van der Waals surface area contributed by atoms with E-state index < -0.39 is 11.7 Å². The Bertz CT molecular complexity index is 1040. The van der Waals surface area contributed by atoms with Gasteiger partial charge in [0, 0.05) is 41.3 Å². The standard InChI is InChI=1S/C20H18FN5O3/c1-12-15(10-22-11-16(12)21)20(27)25-17-6-4-13(8-23-17)19(26-29-3)14-5-7-18(28-2)24-9-14/h4-11H,1-3H3,(H,23,25,27)/b26-19+. The average molecular weight is 395 g/mol. The van der Waals surface area contributed by atoms with Gasteiger partial charge in [0.2, 0.25) is 5.88 Å². The number of anilines is 1. The van der Waals surface area contributed by atoms with Crippen LogP contribution in [-0.2, 0) is 4.84 Å². The number of halogens is 1. The third kappa shape index (κ3) is 4.52. The Morgan fingerprint density at radius 3 is 2.34 bits per heavy atom. The van der Waals surface area contributed by atoms with Crippen molar-refractivity contribution in [2.24, 2.45) is 5.16 Å². The third-order valence-corrected chi connectivity index (χ3v) is 4.08. The van der Waals surface area contributed by atoms with Gasteiger partial charge in [0.15, 0.2) is 0 Å². The van der Waals surface area contributed by atoms with Crippen LogP contribution in [0.15, 0.2) is 54.2 Å². The molecule has 0 fully saturated rings. The molecule has 9 heteroatoms. The lowest BCUT2D eigenvalue weighted by Gasteiger charge is -2.09. The fraction of sp³-hybridized carbons (Fsp3) is 0.150. The van der Waals surface area contributed by atoms with Gasteiger partial charge in [-0.2, -0.15) is 0 Å². The molecule has 3 aromatic rings. The highest BCUT2D eigenvalue weighted by Crippen LogP contribution is 2.16. The number of methoxy groups -OCH3 is 1. The van der Waals surface area contributed by atoms with Crippen molar-refractivity contribution in [1.82, 2.24) is 15.0 Å². The van der Waals surface area contributed by atoms with E-state index in [1.807, 2.05) is 0 Å². The molecule has 148 valence electrons. The molecule has 3 aromatic heterocycles. The fourth-order valence-corrected chi connectivity index (χ4v) is 2.52. The van der Waals surface area contributed by atoms with Crippen LogP contribution in [-0.4, -0.2) is 40.8 Å². The normalized spacial score (nSPS) is 11.1. The number of rotatable bonds is 6. The van der Waals surface area contributed by atoms with Gasteiger partial charge in [0.05, 0.1) is 18.9 Å². The second-order valence-electron chi connectivity index (χ2n) is 5.89. The summed E-state index contributed by atoms with van der Waals surface area (Å²) in [6.07, 6.45) is 5.51. The van der Waals surface area contributed by atoms with Crippen LogP contribution >= 0.6 is 0 Å². The maximum atomic E-state index is 13.6. The van der Waals surface area contributed by atoms with Gasteiger partial charge in [-0.1, -0.05) is 5.16 Å². The SMILES string of the molecule is CO/N=C(\c1ccc(NC(=O)c2cncc(F)c2C)nc1)c1ccc(OC)nc1. The van der Waals surface area contributed by atoms with Gasteiger partial charge in [-0.25, -0.2) is 14.4 Å². The summed E-state index contributed by atoms with van der Waals surface area (Å²) in [5, 5.41) is 6.66. The number of oxime groups is 1. The number of hydrogen-bond acceptors (Lipinski definition) is 7. The molecule has 0 aliphatic heterocycles. The zero-order valence-electron chi connectivity index (χ0n) is 16.0. The van der Waals surface area contributed by atoms with Crippen molar-refractivity contribution in [3.8, 4) is 5.88 Å². The van der Waals surface area contributed by atoms with Crippen LogP contribution in [0.3, 0.4) is 0 Å². The minimum absolute atomic E-state index is 0.141. The Balaban J connectivity index is 1.81. The van der Waals surface area contributed by atoms with Crippen LogP contribution < -0.4 is 10.1 Å². The van der Waals surface area contributed by atoms with E-state index in [0.717, 1.165) is 6.20 Å². The van der Waals surface area contributed by atoms with Gasteiger partial charge in [0.1, 0.15) is 24.5 Å². The number of nitrogens with zero attached hydrogens (tertiary/aromatic N) is 4. The van der Waals surface area contributed by atoms with Crippen LogP contribution in [0, 0.1) is 12.7 Å². The molecule has 0 aliphatic rings.